The third-order valence-corrected chi connectivity index (χ3v) is 4.93. The van der Waals surface area contributed by atoms with Crippen molar-refractivity contribution in [3.05, 3.63) is 0 Å². The largest absolute Gasteiger partial charge is 0.449 e. The van der Waals surface area contributed by atoms with Gasteiger partial charge >= 0.3 is 6.09 Å². The molecule has 0 aromatic carbocycles. The summed E-state index contributed by atoms with van der Waals surface area (Å²) in [6.07, 6.45) is 21.6. The minimum atomic E-state index is -0.291. The van der Waals surface area contributed by atoms with Crippen LogP contribution < -0.4 is 5.32 Å². The van der Waals surface area contributed by atoms with Crippen LogP contribution in [0.5, 0.6) is 0 Å². The first-order chi connectivity index (χ1) is 12.3. The van der Waals surface area contributed by atoms with Gasteiger partial charge in [-0.3, -0.25) is 0 Å². The third kappa shape index (κ3) is 21.7. The number of nitrogens with one attached hydrogen (secondary N) is 1. The molecular formula is C21H42BrNO2. The van der Waals surface area contributed by atoms with Crippen LogP contribution in [0.4, 0.5) is 4.79 Å². The Kier molecular flexibility index (Phi) is 21.6. The maximum Gasteiger partial charge on any atom is 0.407 e. The van der Waals surface area contributed by atoms with E-state index in [1.54, 1.807) is 0 Å². The summed E-state index contributed by atoms with van der Waals surface area (Å²) in [5.41, 5.74) is 0. The van der Waals surface area contributed by atoms with Gasteiger partial charge in [-0.2, -0.15) is 0 Å². The molecule has 4 heteroatoms. The Morgan fingerprint density at radius 1 is 0.720 bits per heavy atom. The summed E-state index contributed by atoms with van der Waals surface area (Å²) >= 11 is 3.23. The van der Waals surface area contributed by atoms with Crippen molar-refractivity contribution in [1.82, 2.24) is 5.32 Å². The van der Waals surface area contributed by atoms with Crippen LogP contribution in [0.15, 0.2) is 0 Å². The van der Waals surface area contributed by atoms with Crippen molar-refractivity contribution in [1.29, 1.82) is 0 Å². The third-order valence-electron chi connectivity index (χ3n) is 4.61. The number of hydrogen-bond donors (Lipinski definition) is 1. The predicted molar refractivity (Wildman–Crippen MR) is 113 cm³/mol. The van der Waals surface area contributed by atoms with Crippen LogP contribution in [-0.4, -0.2) is 24.6 Å². The van der Waals surface area contributed by atoms with E-state index in [4.69, 9.17) is 4.74 Å². The number of rotatable bonds is 19. The molecule has 0 rings (SSSR count). The van der Waals surface area contributed by atoms with Gasteiger partial charge in [-0.05, 0) is 6.42 Å². The molecule has 0 spiro atoms. The molecule has 150 valence electrons. The average molecular weight is 420 g/mol. The lowest BCUT2D eigenvalue weighted by Gasteiger charge is -2.06. The number of halogens is 1. The summed E-state index contributed by atoms with van der Waals surface area (Å²) in [7, 11) is 0. The first-order valence-electron chi connectivity index (χ1n) is 10.8. The van der Waals surface area contributed by atoms with Gasteiger partial charge in [-0.15, -0.1) is 0 Å². The molecule has 0 unspecified atom stereocenters. The summed E-state index contributed by atoms with van der Waals surface area (Å²) in [6, 6.07) is 0. The molecule has 0 aliphatic carbocycles. The Morgan fingerprint density at radius 2 is 1.12 bits per heavy atom. The quantitative estimate of drug-likeness (QED) is 0.175. The number of unbranched alkanes of at least 4 members (excludes halogenated alkanes) is 15. The predicted octanol–water partition coefficient (Wildman–Crippen LogP) is 7.37. The zero-order valence-corrected chi connectivity index (χ0v) is 18.2. The lowest BCUT2D eigenvalue weighted by atomic mass is 10.0. The molecule has 25 heavy (non-hydrogen) atoms. The fourth-order valence-electron chi connectivity index (χ4n) is 3.05. The first-order valence-corrected chi connectivity index (χ1v) is 11.9. The molecule has 0 saturated carbocycles. The van der Waals surface area contributed by atoms with Crippen LogP contribution in [-0.2, 0) is 4.74 Å². The van der Waals surface area contributed by atoms with Gasteiger partial charge in [0.2, 0.25) is 0 Å². The van der Waals surface area contributed by atoms with Crippen LogP contribution in [0.1, 0.15) is 110 Å². The lowest BCUT2D eigenvalue weighted by Crippen LogP contribution is -2.25. The van der Waals surface area contributed by atoms with Crippen molar-refractivity contribution >= 4 is 22.0 Å². The number of hydrogen-bond acceptors (Lipinski definition) is 2. The molecule has 1 amide bonds. The van der Waals surface area contributed by atoms with Gasteiger partial charge in [0.15, 0.2) is 0 Å². The molecule has 0 aromatic heterocycles. The van der Waals surface area contributed by atoms with E-state index in [1.807, 2.05) is 0 Å². The van der Waals surface area contributed by atoms with Crippen LogP contribution in [0.3, 0.4) is 0 Å². The minimum Gasteiger partial charge on any atom is -0.449 e. The van der Waals surface area contributed by atoms with E-state index in [2.05, 4.69) is 28.2 Å². The molecule has 0 aliphatic heterocycles. The number of amides is 1. The van der Waals surface area contributed by atoms with E-state index in [-0.39, 0.29) is 6.09 Å². The Bertz CT molecular complexity index is 275. The summed E-state index contributed by atoms with van der Waals surface area (Å²) in [4.78, 5) is 11.2. The number of ether oxygens (including phenoxy) is 1. The molecule has 1 N–H and O–H groups in total. The Morgan fingerprint density at radius 3 is 1.52 bits per heavy atom. The Balaban J connectivity index is 3.04. The van der Waals surface area contributed by atoms with Crippen molar-refractivity contribution in [3.63, 3.8) is 0 Å². The minimum absolute atomic E-state index is 0.291. The van der Waals surface area contributed by atoms with Gasteiger partial charge in [0, 0.05) is 11.9 Å². The smallest absolute Gasteiger partial charge is 0.407 e. The fourth-order valence-corrected chi connectivity index (χ4v) is 3.21. The molecule has 0 saturated heterocycles. The number of alkyl carbamates (subject to hydrolysis) is 1. The van der Waals surface area contributed by atoms with Gasteiger partial charge in [0.05, 0.1) is 0 Å². The molecule has 3 nitrogen and oxygen atoms in total. The van der Waals surface area contributed by atoms with Crippen LogP contribution in [0, 0.1) is 0 Å². The standard InChI is InChI=1S/C21H42BrNO2/c1-2-3-4-5-6-7-8-9-10-11-12-13-14-15-16-17-19-23-21(24)25-20-18-22/h2-20H2,1H3,(H,23,24). The molecule has 0 aromatic rings. The summed E-state index contributed by atoms with van der Waals surface area (Å²) < 4.78 is 4.92. The number of carbonyl (C=O) groups excluding carboxylic acids is 1. The monoisotopic (exact) mass is 419 g/mol. The second-order valence-electron chi connectivity index (χ2n) is 7.05. The van der Waals surface area contributed by atoms with Gasteiger partial charge in [0.1, 0.15) is 6.61 Å². The maximum absolute atomic E-state index is 11.2. The molecular weight excluding hydrogens is 378 g/mol. The van der Waals surface area contributed by atoms with Crippen LogP contribution in [0.2, 0.25) is 0 Å². The van der Waals surface area contributed by atoms with E-state index < -0.39 is 0 Å². The number of carbonyl (C=O) groups is 1. The normalized spacial score (nSPS) is 10.8. The van der Waals surface area contributed by atoms with E-state index in [0.29, 0.717) is 11.9 Å². The van der Waals surface area contributed by atoms with Gasteiger partial charge in [-0.1, -0.05) is 119 Å². The zero-order valence-electron chi connectivity index (χ0n) is 16.6. The average Bonchev–Trinajstić information content (AvgIpc) is 2.62. The fraction of sp³-hybridized carbons (Fsp3) is 0.952. The van der Waals surface area contributed by atoms with Gasteiger partial charge < -0.3 is 10.1 Å². The molecule has 0 fully saturated rings. The molecule has 0 bridgehead atoms. The molecule has 0 atom stereocenters. The highest BCUT2D eigenvalue weighted by Crippen LogP contribution is 2.13. The molecule has 0 aliphatic rings. The lowest BCUT2D eigenvalue weighted by molar-refractivity contribution is 0.153. The topological polar surface area (TPSA) is 38.3 Å². The Hall–Kier alpha value is -0.250. The SMILES string of the molecule is CCCCCCCCCCCCCCCCCCNC(=O)OCCBr. The molecule has 0 heterocycles. The first kappa shape index (κ1) is 24.8. The van der Waals surface area contributed by atoms with Crippen molar-refractivity contribution in [2.75, 3.05) is 18.5 Å². The van der Waals surface area contributed by atoms with E-state index >= 15 is 0 Å². The second kappa shape index (κ2) is 21.8. The number of alkyl halides is 1. The highest BCUT2D eigenvalue weighted by molar-refractivity contribution is 9.09. The second-order valence-corrected chi connectivity index (χ2v) is 7.85. The highest BCUT2D eigenvalue weighted by atomic mass is 79.9. The summed E-state index contributed by atoms with van der Waals surface area (Å²) in [5, 5.41) is 3.48. The van der Waals surface area contributed by atoms with E-state index in [9.17, 15) is 4.79 Å². The zero-order chi connectivity index (χ0) is 18.4. The highest BCUT2D eigenvalue weighted by Gasteiger charge is 1.99. The van der Waals surface area contributed by atoms with Crippen molar-refractivity contribution in [2.45, 2.75) is 110 Å². The maximum atomic E-state index is 11.2. The summed E-state index contributed by atoms with van der Waals surface area (Å²) in [6.45, 7) is 3.45. The van der Waals surface area contributed by atoms with Crippen molar-refractivity contribution < 1.29 is 9.53 Å². The van der Waals surface area contributed by atoms with E-state index in [1.165, 1.54) is 96.3 Å². The van der Waals surface area contributed by atoms with Crippen LogP contribution in [0.25, 0.3) is 0 Å². The van der Waals surface area contributed by atoms with E-state index in [0.717, 1.165) is 13.0 Å². The Labute approximate surface area is 165 Å². The summed E-state index contributed by atoms with van der Waals surface area (Å²) in [5.74, 6) is 0. The van der Waals surface area contributed by atoms with Crippen molar-refractivity contribution in [3.8, 4) is 0 Å². The van der Waals surface area contributed by atoms with Gasteiger partial charge in [-0.25, -0.2) is 4.79 Å². The van der Waals surface area contributed by atoms with Crippen molar-refractivity contribution in [2.24, 2.45) is 0 Å². The van der Waals surface area contributed by atoms with Crippen LogP contribution >= 0.6 is 15.9 Å². The molecule has 0 radical (unpaired) electrons. The van der Waals surface area contributed by atoms with Gasteiger partial charge in [0.25, 0.3) is 0 Å².